The van der Waals surface area contributed by atoms with Crippen LogP contribution in [-0.4, -0.2) is 51.0 Å². The highest BCUT2D eigenvalue weighted by Crippen LogP contribution is 2.48. The number of anilines is 1. The van der Waals surface area contributed by atoms with Crippen LogP contribution in [0.25, 0.3) is 0 Å². The van der Waals surface area contributed by atoms with Gasteiger partial charge in [0, 0.05) is 29.2 Å². The van der Waals surface area contributed by atoms with Crippen LogP contribution in [0, 0.1) is 5.92 Å². The molecule has 3 rings (SSSR count). The summed E-state index contributed by atoms with van der Waals surface area (Å²) in [6, 6.07) is 1.51. The Balaban J connectivity index is 1.61. The van der Waals surface area contributed by atoms with Crippen molar-refractivity contribution in [3.63, 3.8) is 0 Å². The first-order valence-electron chi connectivity index (χ1n) is 7.98. The van der Waals surface area contributed by atoms with Gasteiger partial charge in [-0.2, -0.15) is 0 Å². The van der Waals surface area contributed by atoms with Crippen LogP contribution in [0.2, 0.25) is 5.15 Å². The van der Waals surface area contributed by atoms with Crippen LogP contribution in [0.1, 0.15) is 31.8 Å². The molecule has 3 atom stereocenters. The Morgan fingerprint density at radius 3 is 3.00 bits per heavy atom. The molecular formula is C15H20ClF2IN4O. The molecule has 0 amide bonds. The standard InChI is InChI=1S/C15H20ClF2IN4O/c1-2-24-8-23-6-9-3-10(5-15(9,19)7-23)20-12-4-11(14(17)18)13(16)22-21-12/h4,9-10,14H,2-3,5-8H2,1H3,(H,20,21)/t9?,10-,15+/m1/s1. The topological polar surface area (TPSA) is 50.3 Å². The van der Waals surface area contributed by atoms with Crippen molar-refractivity contribution in [2.24, 2.45) is 5.92 Å². The van der Waals surface area contributed by atoms with Crippen LogP contribution < -0.4 is 5.32 Å². The summed E-state index contributed by atoms with van der Waals surface area (Å²) in [6.45, 7) is 5.40. The fourth-order valence-electron chi connectivity index (χ4n) is 3.65. The number of likely N-dealkylation sites (tertiary alicyclic amines) is 1. The molecule has 1 N–H and O–H groups in total. The number of aromatic nitrogens is 2. The van der Waals surface area contributed by atoms with E-state index < -0.39 is 6.43 Å². The zero-order chi connectivity index (χ0) is 17.3. The third-order valence-electron chi connectivity index (χ3n) is 4.69. The summed E-state index contributed by atoms with van der Waals surface area (Å²) in [5, 5.41) is 10.5. The van der Waals surface area contributed by atoms with Gasteiger partial charge in [0.1, 0.15) is 5.82 Å². The average molecular weight is 473 g/mol. The molecule has 5 nitrogen and oxygen atoms in total. The van der Waals surface area contributed by atoms with Gasteiger partial charge in [0.15, 0.2) is 5.15 Å². The molecule has 2 aliphatic rings. The second-order valence-corrected chi connectivity index (χ2v) is 8.93. The Kier molecular flexibility index (Phi) is 5.78. The Bertz CT molecular complexity index is 597. The van der Waals surface area contributed by atoms with E-state index >= 15 is 0 Å². The van der Waals surface area contributed by atoms with Gasteiger partial charge >= 0.3 is 0 Å². The molecule has 1 aromatic rings. The molecular weight excluding hydrogens is 453 g/mol. The molecule has 2 fully saturated rings. The highest BCUT2D eigenvalue weighted by Gasteiger charge is 2.51. The van der Waals surface area contributed by atoms with Crippen molar-refractivity contribution in [3.8, 4) is 0 Å². The van der Waals surface area contributed by atoms with Crippen molar-refractivity contribution in [1.82, 2.24) is 15.1 Å². The van der Waals surface area contributed by atoms with Gasteiger partial charge in [-0.25, -0.2) is 8.78 Å². The summed E-state index contributed by atoms with van der Waals surface area (Å²) in [6.07, 6.45) is -0.700. The van der Waals surface area contributed by atoms with E-state index in [-0.39, 0.29) is 20.2 Å². The van der Waals surface area contributed by atoms with E-state index in [1.165, 1.54) is 6.07 Å². The molecule has 9 heteroatoms. The second kappa shape index (κ2) is 7.51. The highest BCUT2D eigenvalue weighted by molar-refractivity contribution is 14.1. The van der Waals surface area contributed by atoms with Crippen LogP contribution in [0.3, 0.4) is 0 Å². The van der Waals surface area contributed by atoms with Gasteiger partial charge in [-0.05, 0) is 31.7 Å². The maximum Gasteiger partial charge on any atom is 0.267 e. The molecule has 0 aromatic carbocycles. The molecule has 134 valence electrons. The molecule has 0 bridgehead atoms. The maximum absolute atomic E-state index is 12.9. The van der Waals surface area contributed by atoms with Crippen LogP contribution in [0.15, 0.2) is 6.07 Å². The minimum Gasteiger partial charge on any atom is -0.366 e. The van der Waals surface area contributed by atoms with E-state index in [0.717, 1.165) is 32.5 Å². The average Bonchev–Trinajstić information content (AvgIpc) is 2.97. The lowest BCUT2D eigenvalue weighted by Crippen LogP contribution is -2.31. The first kappa shape index (κ1) is 18.5. The summed E-state index contributed by atoms with van der Waals surface area (Å²) < 4.78 is 31.5. The molecule has 2 heterocycles. The van der Waals surface area contributed by atoms with Crippen molar-refractivity contribution in [2.45, 2.75) is 35.7 Å². The number of nitrogens with one attached hydrogen (secondary N) is 1. The van der Waals surface area contributed by atoms with E-state index in [2.05, 4.69) is 43.0 Å². The Labute approximate surface area is 158 Å². The highest BCUT2D eigenvalue weighted by atomic mass is 127. The van der Waals surface area contributed by atoms with Crippen LogP contribution in [0.5, 0.6) is 0 Å². The Hall–Kier alpha value is -0.320. The molecule has 0 radical (unpaired) electrons. The Morgan fingerprint density at radius 2 is 2.33 bits per heavy atom. The lowest BCUT2D eigenvalue weighted by Gasteiger charge is -2.23. The van der Waals surface area contributed by atoms with Gasteiger partial charge in [0.2, 0.25) is 0 Å². The summed E-state index contributed by atoms with van der Waals surface area (Å²) in [5.74, 6) is 0.928. The zero-order valence-electron chi connectivity index (χ0n) is 13.3. The normalized spacial score (nSPS) is 30.1. The first-order chi connectivity index (χ1) is 11.4. The number of halogens is 4. The van der Waals surface area contributed by atoms with Crippen molar-refractivity contribution < 1.29 is 13.5 Å². The van der Waals surface area contributed by atoms with Gasteiger partial charge in [-0.1, -0.05) is 34.2 Å². The summed E-state index contributed by atoms with van der Waals surface area (Å²) in [5.41, 5.74) is -0.278. The lowest BCUT2D eigenvalue weighted by atomic mass is 10.0. The molecule has 1 saturated heterocycles. The largest absolute Gasteiger partial charge is 0.366 e. The third-order valence-corrected chi connectivity index (χ3v) is 6.65. The number of fused-ring (bicyclic) bond motifs is 1. The van der Waals surface area contributed by atoms with Crippen LogP contribution in [-0.2, 0) is 4.74 Å². The van der Waals surface area contributed by atoms with E-state index in [0.29, 0.717) is 18.5 Å². The Morgan fingerprint density at radius 1 is 1.54 bits per heavy atom. The molecule has 0 spiro atoms. The summed E-state index contributed by atoms with van der Waals surface area (Å²) in [4.78, 5) is 2.34. The summed E-state index contributed by atoms with van der Waals surface area (Å²) in [7, 11) is 0. The van der Waals surface area contributed by atoms with Gasteiger partial charge in [-0.3, -0.25) is 4.90 Å². The maximum atomic E-state index is 12.9. The quantitative estimate of drug-likeness (QED) is 0.505. The van der Waals surface area contributed by atoms with Gasteiger partial charge in [-0.15, -0.1) is 10.2 Å². The van der Waals surface area contributed by atoms with E-state index in [1.54, 1.807) is 0 Å². The van der Waals surface area contributed by atoms with Crippen molar-refractivity contribution >= 4 is 40.0 Å². The van der Waals surface area contributed by atoms with Gasteiger partial charge in [0.05, 0.1) is 12.3 Å². The van der Waals surface area contributed by atoms with Gasteiger partial charge < -0.3 is 10.1 Å². The minimum absolute atomic E-state index is 0.192. The van der Waals surface area contributed by atoms with Crippen molar-refractivity contribution in [3.05, 3.63) is 16.8 Å². The number of hydrogen-bond donors (Lipinski definition) is 1. The summed E-state index contributed by atoms with van der Waals surface area (Å²) >= 11 is 8.22. The molecule has 1 unspecified atom stereocenters. The van der Waals surface area contributed by atoms with E-state index in [1.807, 2.05) is 6.92 Å². The smallest absolute Gasteiger partial charge is 0.267 e. The zero-order valence-corrected chi connectivity index (χ0v) is 16.2. The van der Waals surface area contributed by atoms with Crippen molar-refractivity contribution in [2.75, 3.05) is 31.7 Å². The lowest BCUT2D eigenvalue weighted by molar-refractivity contribution is 0.0456. The molecule has 1 aliphatic heterocycles. The van der Waals surface area contributed by atoms with Crippen LogP contribution in [0.4, 0.5) is 14.6 Å². The second-order valence-electron chi connectivity index (χ2n) is 6.42. The number of hydrogen-bond acceptors (Lipinski definition) is 5. The third kappa shape index (κ3) is 3.91. The first-order valence-corrected chi connectivity index (χ1v) is 9.43. The number of nitrogens with zero attached hydrogens (tertiary/aromatic N) is 3. The molecule has 1 saturated carbocycles. The number of rotatable bonds is 6. The predicted molar refractivity (Wildman–Crippen MR) is 97.0 cm³/mol. The fraction of sp³-hybridized carbons (Fsp3) is 0.733. The van der Waals surface area contributed by atoms with E-state index in [9.17, 15) is 8.78 Å². The van der Waals surface area contributed by atoms with Gasteiger partial charge in [0.25, 0.3) is 6.43 Å². The minimum atomic E-state index is -2.65. The molecule has 1 aromatic heterocycles. The number of alkyl halides is 3. The van der Waals surface area contributed by atoms with Crippen molar-refractivity contribution in [1.29, 1.82) is 0 Å². The monoisotopic (exact) mass is 472 g/mol. The predicted octanol–water partition coefficient (Wildman–Crippen LogP) is 3.74. The molecule has 1 aliphatic carbocycles. The fourth-order valence-corrected chi connectivity index (χ4v) is 5.29. The molecule has 24 heavy (non-hydrogen) atoms. The van der Waals surface area contributed by atoms with Crippen LogP contribution >= 0.6 is 34.2 Å². The number of ether oxygens (including phenoxy) is 1. The van der Waals surface area contributed by atoms with E-state index in [4.69, 9.17) is 16.3 Å². The SMILES string of the molecule is CCOCN1CC2C[C@@H](Nc3cc(C(F)F)c(Cl)nn3)C[C@]2(I)C1.